The maximum Gasteiger partial charge on any atom is 0.262 e. The molecule has 0 atom stereocenters. The molecule has 0 spiro atoms. The average Bonchev–Trinajstić information content (AvgIpc) is 2.59. The minimum absolute atomic E-state index is 0.0129. The van der Waals surface area contributed by atoms with Crippen molar-refractivity contribution in [1.82, 2.24) is 0 Å². The van der Waals surface area contributed by atoms with Crippen molar-refractivity contribution >= 4 is 17.3 Å². The molecule has 0 fully saturated rings. The van der Waals surface area contributed by atoms with Crippen molar-refractivity contribution in [3.8, 4) is 5.75 Å². The molecular weight excluding hydrogens is 292 g/mol. The number of benzene rings is 2. The Bertz CT molecular complexity index is 585. The van der Waals surface area contributed by atoms with Gasteiger partial charge in [0, 0.05) is 31.6 Å². The van der Waals surface area contributed by atoms with Crippen LogP contribution in [0, 0.1) is 0 Å². The van der Waals surface area contributed by atoms with Crippen LogP contribution in [-0.2, 0) is 9.53 Å². The van der Waals surface area contributed by atoms with Crippen LogP contribution in [0.1, 0.15) is 6.42 Å². The molecule has 2 aromatic rings. The molecule has 0 bridgehead atoms. The Morgan fingerprint density at radius 3 is 2.39 bits per heavy atom. The van der Waals surface area contributed by atoms with Crippen LogP contribution in [0.4, 0.5) is 11.4 Å². The lowest BCUT2D eigenvalue weighted by atomic mass is 10.2. The summed E-state index contributed by atoms with van der Waals surface area (Å²) in [6, 6.07) is 16.8. The predicted molar refractivity (Wildman–Crippen MR) is 92.0 cm³/mol. The van der Waals surface area contributed by atoms with Crippen molar-refractivity contribution in [2.24, 2.45) is 0 Å². The summed E-state index contributed by atoms with van der Waals surface area (Å²) in [6.07, 6.45) is 0.950. The fraction of sp³-hybridized carbons (Fsp3) is 0.278. The fourth-order valence-corrected chi connectivity index (χ4v) is 1.98. The third kappa shape index (κ3) is 6.40. The number of amides is 1. The minimum Gasteiger partial charge on any atom is -0.484 e. The van der Waals surface area contributed by atoms with Gasteiger partial charge in [0.15, 0.2) is 6.61 Å². The Morgan fingerprint density at radius 1 is 1.00 bits per heavy atom. The van der Waals surface area contributed by atoms with Crippen LogP contribution in [-0.4, -0.2) is 32.8 Å². The zero-order chi connectivity index (χ0) is 16.3. The van der Waals surface area contributed by atoms with Crippen molar-refractivity contribution in [2.45, 2.75) is 6.42 Å². The van der Waals surface area contributed by atoms with Gasteiger partial charge >= 0.3 is 0 Å². The summed E-state index contributed by atoms with van der Waals surface area (Å²) in [4.78, 5) is 11.8. The van der Waals surface area contributed by atoms with E-state index in [1.54, 1.807) is 7.11 Å². The van der Waals surface area contributed by atoms with E-state index in [4.69, 9.17) is 9.47 Å². The number of ether oxygens (including phenoxy) is 2. The van der Waals surface area contributed by atoms with Crippen LogP contribution in [0.15, 0.2) is 54.6 Å². The molecule has 2 rings (SSSR count). The van der Waals surface area contributed by atoms with E-state index in [-0.39, 0.29) is 12.5 Å². The number of para-hydroxylation sites is 1. The molecule has 5 heteroatoms. The number of rotatable bonds is 9. The SMILES string of the molecule is COCCCNc1ccc(NC(=O)COc2ccccc2)cc1. The predicted octanol–water partition coefficient (Wildman–Crippen LogP) is 3.15. The second-order valence-electron chi connectivity index (χ2n) is 5.00. The zero-order valence-electron chi connectivity index (χ0n) is 13.2. The third-order valence-corrected chi connectivity index (χ3v) is 3.14. The highest BCUT2D eigenvalue weighted by Gasteiger charge is 2.03. The number of anilines is 2. The number of carbonyl (C=O) groups excluding carboxylic acids is 1. The normalized spacial score (nSPS) is 10.1. The first-order valence-electron chi connectivity index (χ1n) is 7.58. The summed E-state index contributed by atoms with van der Waals surface area (Å²) in [5.41, 5.74) is 1.76. The van der Waals surface area contributed by atoms with E-state index < -0.39 is 0 Å². The smallest absolute Gasteiger partial charge is 0.262 e. The monoisotopic (exact) mass is 314 g/mol. The van der Waals surface area contributed by atoms with Crippen molar-refractivity contribution in [2.75, 3.05) is 37.5 Å². The van der Waals surface area contributed by atoms with Crippen molar-refractivity contribution in [3.63, 3.8) is 0 Å². The van der Waals surface area contributed by atoms with E-state index in [0.717, 1.165) is 30.9 Å². The van der Waals surface area contributed by atoms with Gasteiger partial charge in [0.05, 0.1) is 0 Å². The molecule has 2 aromatic carbocycles. The van der Waals surface area contributed by atoms with E-state index >= 15 is 0 Å². The fourth-order valence-electron chi connectivity index (χ4n) is 1.98. The first kappa shape index (κ1) is 16.8. The van der Waals surface area contributed by atoms with E-state index in [1.807, 2.05) is 54.6 Å². The number of nitrogens with one attached hydrogen (secondary N) is 2. The summed E-state index contributed by atoms with van der Waals surface area (Å²) < 4.78 is 10.4. The molecule has 0 heterocycles. The average molecular weight is 314 g/mol. The zero-order valence-corrected chi connectivity index (χ0v) is 13.2. The molecule has 0 aliphatic carbocycles. The molecule has 0 unspecified atom stereocenters. The molecule has 0 radical (unpaired) electrons. The van der Waals surface area contributed by atoms with Crippen LogP contribution in [0.5, 0.6) is 5.75 Å². The topological polar surface area (TPSA) is 59.6 Å². The molecule has 122 valence electrons. The van der Waals surface area contributed by atoms with Crippen molar-refractivity contribution in [3.05, 3.63) is 54.6 Å². The summed E-state index contributed by atoms with van der Waals surface area (Å²) >= 11 is 0. The first-order chi connectivity index (χ1) is 11.3. The third-order valence-electron chi connectivity index (χ3n) is 3.14. The van der Waals surface area contributed by atoms with E-state index in [9.17, 15) is 4.79 Å². The van der Waals surface area contributed by atoms with Crippen LogP contribution >= 0.6 is 0 Å². The first-order valence-corrected chi connectivity index (χ1v) is 7.58. The molecule has 23 heavy (non-hydrogen) atoms. The summed E-state index contributed by atoms with van der Waals surface area (Å²) in [5.74, 6) is 0.493. The lowest BCUT2D eigenvalue weighted by Gasteiger charge is -2.09. The summed E-state index contributed by atoms with van der Waals surface area (Å²) in [7, 11) is 1.69. The van der Waals surface area contributed by atoms with Crippen LogP contribution in [0.25, 0.3) is 0 Å². The highest BCUT2D eigenvalue weighted by atomic mass is 16.5. The number of methoxy groups -OCH3 is 1. The van der Waals surface area contributed by atoms with Crippen molar-refractivity contribution in [1.29, 1.82) is 0 Å². The van der Waals surface area contributed by atoms with Gasteiger partial charge in [-0.25, -0.2) is 0 Å². The molecular formula is C18H22N2O3. The van der Waals surface area contributed by atoms with Gasteiger partial charge < -0.3 is 20.1 Å². The number of carbonyl (C=O) groups is 1. The molecule has 0 aromatic heterocycles. The Labute approximate surface area is 136 Å². The lowest BCUT2D eigenvalue weighted by Crippen LogP contribution is -2.20. The van der Waals surface area contributed by atoms with Gasteiger partial charge in [-0.2, -0.15) is 0 Å². The molecule has 0 aliphatic rings. The maximum absolute atomic E-state index is 11.8. The molecule has 1 amide bonds. The second kappa shape index (κ2) is 9.48. The second-order valence-corrected chi connectivity index (χ2v) is 5.00. The summed E-state index contributed by atoms with van der Waals surface area (Å²) in [5, 5.41) is 6.09. The van der Waals surface area contributed by atoms with Crippen LogP contribution in [0.3, 0.4) is 0 Å². The van der Waals surface area contributed by atoms with E-state index in [2.05, 4.69) is 10.6 Å². The number of hydrogen-bond donors (Lipinski definition) is 2. The minimum atomic E-state index is -0.186. The van der Waals surface area contributed by atoms with Gasteiger partial charge in [0.25, 0.3) is 5.91 Å². The Morgan fingerprint density at radius 2 is 1.70 bits per heavy atom. The van der Waals surface area contributed by atoms with E-state index in [1.165, 1.54) is 0 Å². The van der Waals surface area contributed by atoms with Crippen LogP contribution < -0.4 is 15.4 Å². The van der Waals surface area contributed by atoms with Gasteiger partial charge in [0.2, 0.25) is 0 Å². The standard InChI is InChI=1S/C18H22N2O3/c1-22-13-5-12-19-15-8-10-16(11-9-15)20-18(21)14-23-17-6-3-2-4-7-17/h2-4,6-11,19H,5,12-14H2,1H3,(H,20,21). The summed E-state index contributed by atoms with van der Waals surface area (Å²) in [6.45, 7) is 1.58. The molecule has 0 saturated carbocycles. The molecule has 0 saturated heterocycles. The Hall–Kier alpha value is -2.53. The van der Waals surface area contributed by atoms with Gasteiger partial charge in [0.1, 0.15) is 5.75 Å². The Balaban J connectivity index is 1.73. The lowest BCUT2D eigenvalue weighted by molar-refractivity contribution is -0.118. The highest BCUT2D eigenvalue weighted by Crippen LogP contribution is 2.14. The molecule has 2 N–H and O–H groups in total. The molecule has 0 aliphatic heterocycles. The highest BCUT2D eigenvalue weighted by molar-refractivity contribution is 5.92. The van der Waals surface area contributed by atoms with Crippen LogP contribution in [0.2, 0.25) is 0 Å². The maximum atomic E-state index is 11.8. The van der Waals surface area contributed by atoms with Crippen molar-refractivity contribution < 1.29 is 14.3 Å². The van der Waals surface area contributed by atoms with Gasteiger partial charge in [-0.1, -0.05) is 18.2 Å². The van der Waals surface area contributed by atoms with Gasteiger partial charge in [-0.15, -0.1) is 0 Å². The van der Waals surface area contributed by atoms with Gasteiger partial charge in [-0.05, 0) is 42.8 Å². The molecule has 5 nitrogen and oxygen atoms in total. The quantitative estimate of drug-likeness (QED) is 0.698. The number of hydrogen-bond acceptors (Lipinski definition) is 4. The van der Waals surface area contributed by atoms with E-state index in [0.29, 0.717) is 5.75 Å². The Kier molecular flexibility index (Phi) is 6.94. The van der Waals surface area contributed by atoms with Gasteiger partial charge in [-0.3, -0.25) is 4.79 Å². The largest absolute Gasteiger partial charge is 0.484 e.